The van der Waals surface area contributed by atoms with Crippen LogP contribution >= 0.6 is 11.6 Å². The summed E-state index contributed by atoms with van der Waals surface area (Å²) in [4.78, 5) is 0. The third-order valence-corrected chi connectivity index (χ3v) is 1.68. The van der Waals surface area contributed by atoms with Crippen molar-refractivity contribution in [1.82, 2.24) is 0 Å². The maximum Gasteiger partial charge on any atom is 0.120 e. The number of rotatable bonds is 4. The average molecular weight is 203 g/mol. The fourth-order valence-electron chi connectivity index (χ4n) is 0.802. The van der Waals surface area contributed by atoms with Crippen molar-refractivity contribution in [2.45, 2.75) is 6.10 Å². The largest absolute Gasteiger partial charge is 0.491 e. The van der Waals surface area contributed by atoms with Crippen molar-refractivity contribution in [1.29, 1.82) is 0 Å². The van der Waals surface area contributed by atoms with Gasteiger partial charge in [-0.05, 0) is 18.2 Å². The summed E-state index contributed by atoms with van der Waals surface area (Å²) < 4.78 is 5.15. The minimum absolute atomic E-state index is 0.0663. The molecule has 72 valence electrons. The third-order valence-electron chi connectivity index (χ3n) is 1.45. The van der Waals surface area contributed by atoms with Crippen molar-refractivity contribution in [2.24, 2.45) is 0 Å². The normalized spacial score (nSPS) is 12.5. The van der Waals surface area contributed by atoms with Gasteiger partial charge >= 0.3 is 0 Å². The lowest BCUT2D eigenvalue weighted by atomic mass is 10.3. The first-order valence-electron chi connectivity index (χ1n) is 3.89. The van der Waals surface area contributed by atoms with E-state index in [9.17, 15) is 0 Å². The van der Waals surface area contributed by atoms with Gasteiger partial charge in [0.15, 0.2) is 0 Å². The first-order valence-corrected chi connectivity index (χ1v) is 4.27. The first kappa shape index (κ1) is 10.3. The molecule has 1 aromatic rings. The zero-order valence-electron chi connectivity index (χ0n) is 6.98. The molecule has 13 heavy (non-hydrogen) atoms. The summed E-state index contributed by atoms with van der Waals surface area (Å²) in [6.45, 7) is -0.239. The second-order valence-corrected chi connectivity index (χ2v) is 3.04. The molecule has 0 aliphatic carbocycles. The molecular formula is C9H11ClO3. The Balaban J connectivity index is 2.45. The molecule has 0 amide bonds. The Labute approximate surface area is 81.5 Å². The molecule has 4 heteroatoms. The van der Waals surface area contributed by atoms with Gasteiger partial charge in [0.2, 0.25) is 0 Å². The number of hydrogen-bond acceptors (Lipinski definition) is 3. The lowest BCUT2D eigenvalue weighted by Crippen LogP contribution is -2.21. The SMILES string of the molecule is OCC(O)COc1cccc(Cl)c1. The maximum atomic E-state index is 8.98. The van der Waals surface area contributed by atoms with Gasteiger partial charge in [-0.2, -0.15) is 0 Å². The van der Waals surface area contributed by atoms with Crippen LogP contribution in [0.2, 0.25) is 5.02 Å². The minimum atomic E-state index is -0.848. The second-order valence-electron chi connectivity index (χ2n) is 2.60. The molecule has 0 aliphatic rings. The van der Waals surface area contributed by atoms with Crippen molar-refractivity contribution in [3.05, 3.63) is 29.3 Å². The molecule has 3 nitrogen and oxygen atoms in total. The molecule has 1 unspecified atom stereocenters. The Hall–Kier alpha value is -0.770. The van der Waals surface area contributed by atoms with Crippen LogP contribution in [0.25, 0.3) is 0 Å². The molecule has 0 saturated heterocycles. The summed E-state index contributed by atoms with van der Waals surface area (Å²) in [6.07, 6.45) is -0.848. The predicted octanol–water partition coefficient (Wildman–Crippen LogP) is 1.07. The summed E-state index contributed by atoms with van der Waals surface area (Å²) in [7, 11) is 0. The number of ether oxygens (including phenoxy) is 1. The summed E-state index contributed by atoms with van der Waals surface area (Å²) in [5.41, 5.74) is 0. The fraction of sp³-hybridized carbons (Fsp3) is 0.333. The third kappa shape index (κ3) is 3.63. The highest BCUT2D eigenvalue weighted by Crippen LogP contribution is 2.16. The van der Waals surface area contributed by atoms with Gasteiger partial charge in [-0.15, -0.1) is 0 Å². The van der Waals surface area contributed by atoms with E-state index in [1.54, 1.807) is 24.3 Å². The van der Waals surface area contributed by atoms with Crippen molar-refractivity contribution in [2.75, 3.05) is 13.2 Å². The van der Waals surface area contributed by atoms with Gasteiger partial charge in [-0.25, -0.2) is 0 Å². The van der Waals surface area contributed by atoms with Gasteiger partial charge in [0.1, 0.15) is 18.5 Å². The highest BCUT2D eigenvalue weighted by Gasteiger charge is 2.02. The summed E-state index contributed by atoms with van der Waals surface area (Å²) in [5, 5.41) is 18.1. The van der Waals surface area contributed by atoms with Gasteiger partial charge in [-0.1, -0.05) is 17.7 Å². The molecule has 0 aromatic heterocycles. The molecule has 0 radical (unpaired) electrons. The zero-order chi connectivity index (χ0) is 9.68. The molecule has 1 rings (SSSR count). The monoisotopic (exact) mass is 202 g/mol. The van der Waals surface area contributed by atoms with Gasteiger partial charge in [0.25, 0.3) is 0 Å². The van der Waals surface area contributed by atoms with Crippen molar-refractivity contribution in [3.8, 4) is 5.75 Å². The second kappa shape index (κ2) is 5.07. The molecule has 0 heterocycles. The molecule has 1 aromatic carbocycles. The number of hydrogen-bond donors (Lipinski definition) is 2. The van der Waals surface area contributed by atoms with Crippen molar-refractivity contribution in [3.63, 3.8) is 0 Å². The lowest BCUT2D eigenvalue weighted by molar-refractivity contribution is 0.0536. The fourth-order valence-corrected chi connectivity index (χ4v) is 0.982. The summed E-state index contributed by atoms with van der Waals surface area (Å²) in [5.74, 6) is 0.583. The number of aliphatic hydroxyl groups excluding tert-OH is 2. The van der Waals surface area contributed by atoms with E-state index in [4.69, 9.17) is 26.6 Å². The van der Waals surface area contributed by atoms with Crippen LogP contribution in [0.1, 0.15) is 0 Å². The molecule has 0 spiro atoms. The van der Waals surface area contributed by atoms with Crippen LogP contribution in [0, 0.1) is 0 Å². The van der Waals surface area contributed by atoms with Crippen molar-refractivity contribution < 1.29 is 14.9 Å². The highest BCUT2D eigenvalue weighted by molar-refractivity contribution is 6.30. The van der Waals surface area contributed by atoms with Gasteiger partial charge in [0, 0.05) is 5.02 Å². The van der Waals surface area contributed by atoms with E-state index >= 15 is 0 Å². The lowest BCUT2D eigenvalue weighted by Gasteiger charge is -2.09. The van der Waals surface area contributed by atoms with Gasteiger partial charge < -0.3 is 14.9 Å². The average Bonchev–Trinajstić information content (AvgIpc) is 2.14. The maximum absolute atomic E-state index is 8.98. The molecule has 0 aliphatic heterocycles. The number of aliphatic hydroxyl groups is 2. The Bertz CT molecular complexity index is 265. The van der Waals surface area contributed by atoms with Gasteiger partial charge in [0.05, 0.1) is 6.61 Å². The van der Waals surface area contributed by atoms with Crippen LogP contribution in [0.15, 0.2) is 24.3 Å². The Morgan fingerprint density at radius 3 is 2.85 bits per heavy atom. The molecule has 0 fully saturated rings. The quantitative estimate of drug-likeness (QED) is 0.768. The Kier molecular flexibility index (Phi) is 4.02. The van der Waals surface area contributed by atoms with Crippen LogP contribution in [-0.2, 0) is 0 Å². The molecule has 1 atom stereocenters. The van der Waals surface area contributed by atoms with E-state index in [-0.39, 0.29) is 13.2 Å². The standard InChI is InChI=1S/C9H11ClO3/c10-7-2-1-3-9(4-7)13-6-8(12)5-11/h1-4,8,11-12H,5-6H2. The summed E-state index contributed by atoms with van der Waals surface area (Å²) in [6, 6.07) is 6.86. The molecule has 2 N–H and O–H groups in total. The predicted molar refractivity (Wildman–Crippen MR) is 50.0 cm³/mol. The van der Waals surface area contributed by atoms with E-state index in [1.807, 2.05) is 0 Å². The van der Waals surface area contributed by atoms with Crippen LogP contribution in [0.3, 0.4) is 0 Å². The van der Waals surface area contributed by atoms with Crippen LogP contribution in [0.4, 0.5) is 0 Å². The molecule has 0 bridgehead atoms. The molecule has 0 saturated carbocycles. The van der Waals surface area contributed by atoms with E-state index in [0.29, 0.717) is 10.8 Å². The van der Waals surface area contributed by atoms with E-state index < -0.39 is 6.10 Å². The van der Waals surface area contributed by atoms with Crippen LogP contribution in [-0.4, -0.2) is 29.5 Å². The molecular weight excluding hydrogens is 192 g/mol. The number of benzene rings is 1. The van der Waals surface area contributed by atoms with Crippen molar-refractivity contribution >= 4 is 11.6 Å². The Morgan fingerprint density at radius 2 is 2.23 bits per heavy atom. The van der Waals surface area contributed by atoms with Crippen LogP contribution in [0.5, 0.6) is 5.75 Å². The smallest absolute Gasteiger partial charge is 0.120 e. The number of halogens is 1. The summed E-state index contributed by atoms with van der Waals surface area (Å²) >= 11 is 5.70. The highest BCUT2D eigenvalue weighted by atomic mass is 35.5. The Morgan fingerprint density at radius 1 is 1.46 bits per heavy atom. The zero-order valence-corrected chi connectivity index (χ0v) is 7.74. The van der Waals surface area contributed by atoms with E-state index in [2.05, 4.69) is 0 Å². The van der Waals surface area contributed by atoms with E-state index in [1.165, 1.54) is 0 Å². The topological polar surface area (TPSA) is 49.7 Å². The minimum Gasteiger partial charge on any atom is -0.491 e. The van der Waals surface area contributed by atoms with Gasteiger partial charge in [-0.3, -0.25) is 0 Å². The van der Waals surface area contributed by atoms with Crippen LogP contribution < -0.4 is 4.74 Å². The first-order chi connectivity index (χ1) is 6.22. The van der Waals surface area contributed by atoms with E-state index in [0.717, 1.165) is 0 Å².